The van der Waals surface area contributed by atoms with E-state index in [9.17, 15) is 19.8 Å². The number of nitrogens with one attached hydrogen (secondary N) is 1. The van der Waals surface area contributed by atoms with Gasteiger partial charge in [-0.05, 0) is 43.2 Å². The zero-order chi connectivity index (χ0) is 22.7. The molecule has 9 heteroatoms. The van der Waals surface area contributed by atoms with Gasteiger partial charge in [-0.1, -0.05) is 23.4 Å². The lowest BCUT2D eigenvalue weighted by atomic mass is 9.73. The Kier molecular flexibility index (Phi) is 6.48. The lowest BCUT2D eigenvalue weighted by Gasteiger charge is -2.43. The number of nitrogens with zero attached hydrogens (tertiary/aromatic N) is 2. The van der Waals surface area contributed by atoms with Gasteiger partial charge >= 0.3 is 0 Å². The number of hydrogen-bond acceptors (Lipinski definition) is 7. The summed E-state index contributed by atoms with van der Waals surface area (Å²) in [6.45, 7) is 2.87. The smallest absolute Gasteiger partial charge is 0.276 e. The second kappa shape index (κ2) is 9.30. The summed E-state index contributed by atoms with van der Waals surface area (Å²) >= 11 is 0. The van der Waals surface area contributed by atoms with Crippen LogP contribution < -0.4 is 10.1 Å². The molecule has 2 amide bonds. The van der Waals surface area contributed by atoms with E-state index >= 15 is 0 Å². The van der Waals surface area contributed by atoms with Crippen LogP contribution in [-0.2, 0) is 11.2 Å². The molecule has 1 aromatic heterocycles. The second-order valence-electron chi connectivity index (χ2n) is 8.83. The number of aliphatic hydroxyl groups is 2. The number of carbonyl (C=O) groups excluding carboxylic acids is 2. The average molecular weight is 444 g/mol. The molecule has 2 atom stereocenters. The van der Waals surface area contributed by atoms with E-state index in [0.717, 1.165) is 5.56 Å². The van der Waals surface area contributed by atoms with Crippen LogP contribution in [0.3, 0.4) is 0 Å². The first-order chi connectivity index (χ1) is 15.3. The fourth-order valence-corrected chi connectivity index (χ4v) is 4.50. The molecule has 172 valence electrons. The fraction of sp³-hybridized carbons (Fsp3) is 0.522. The molecule has 2 aliphatic heterocycles. The maximum absolute atomic E-state index is 12.7. The quantitative estimate of drug-likeness (QED) is 0.602. The van der Waals surface area contributed by atoms with Crippen molar-refractivity contribution in [3.05, 3.63) is 47.3 Å². The molecular weight excluding hydrogens is 414 g/mol. The molecule has 1 saturated heterocycles. The fourth-order valence-electron chi connectivity index (χ4n) is 4.50. The molecule has 32 heavy (non-hydrogen) atoms. The first kappa shape index (κ1) is 22.3. The molecule has 3 N–H and O–H groups in total. The number of ether oxygens (including phenoxy) is 1. The van der Waals surface area contributed by atoms with Crippen molar-refractivity contribution in [3.8, 4) is 5.75 Å². The molecule has 1 aromatic carbocycles. The van der Waals surface area contributed by atoms with Crippen molar-refractivity contribution in [1.29, 1.82) is 0 Å². The van der Waals surface area contributed by atoms with Gasteiger partial charge in [0.25, 0.3) is 11.8 Å². The summed E-state index contributed by atoms with van der Waals surface area (Å²) in [5.74, 6) is 0.662. The van der Waals surface area contributed by atoms with Crippen molar-refractivity contribution < 1.29 is 29.1 Å². The van der Waals surface area contributed by atoms with Gasteiger partial charge in [-0.2, -0.15) is 0 Å². The Morgan fingerprint density at radius 2 is 1.97 bits per heavy atom. The molecule has 4 rings (SSSR count). The van der Waals surface area contributed by atoms with Crippen LogP contribution in [0.2, 0.25) is 0 Å². The van der Waals surface area contributed by atoms with Gasteiger partial charge in [-0.25, -0.2) is 0 Å². The number of hydrogen-bond donors (Lipinski definition) is 3. The van der Waals surface area contributed by atoms with E-state index in [1.165, 1.54) is 0 Å². The number of aliphatic hydroxyl groups excluding tert-OH is 2. The van der Waals surface area contributed by atoms with Crippen molar-refractivity contribution in [3.63, 3.8) is 0 Å². The topological polar surface area (TPSA) is 125 Å². The first-order valence-corrected chi connectivity index (χ1v) is 10.9. The van der Waals surface area contributed by atoms with Gasteiger partial charge in [0.2, 0.25) is 0 Å². The van der Waals surface area contributed by atoms with Crippen LogP contribution in [0.15, 0.2) is 34.9 Å². The number of piperidine rings is 1. The summed E-state index contributed by atoms with van der Waals surface area (Å²) in [5.41, 5.74) is 0.576. The van der Waals surface area contributed by atoms with Crippen LogP contribution in [0.5, 0.6) is 5.75 Å². The van der Waals surface area contributed by atoms with Gasteiger partial charge < -0.3 is 29.7 Å². The third-order valence-corrected chi connectivity index (χ3v) is 6.47. The maximum Gasteiger partial charge on any atom is 0.276 e. The Hall–Kier alpha value is -2.91. The number of likely N-dealkylation sites (tertiary alicyclic amines) is 1. The molecule has 9 nitrogen and oxygen atoms in total. The normalized spacial score (nSPS) is 24.0. The minimum Gasteiger partial charge on any atom is -0.483 e. The zero-order valence-corrected chi connectivity index (χ0v) is 18.1. The van der Waals surface area contributed by atoms with E-state index in [4.69, 9.17) is 9.26 Å². The largest absolute Gasteiger partial charge is 0.483 e. The summed E-state index contributed by atoms with van der Waals surface area (Å²) in [7, 11) is 0. The molecule has 0 unspecified atom stereocenters. The number of amides is 2. The van der Waals surface area contributed by atoms with Crippen molar-refractivity contribution in [2.24, 2.45) is 5.41 Å². The molecule has 2 aliphatic rings. The molecule has 1 spiro atoms. The van der Waals surface area contributed by atoms with Gasteiger partial charge in [0.15, 0.2) is 12.3 Å². The summed E-state index contributed by atoms with van der Waals surface area (Å²) in [5, 5.41) is 28.2. The van der Waals surface area contributed by atoms with Gasteiger partial charge in [0.1, 0.15) is 11.5 Å². The molecule has 0 bridgehead atoms. The highest BCUT2D eigenvalue weighted by atomic mass is 16.5. The van der Waals surface area contributed by atoms with E-state index in [2.05, 4.69) is 10.5 Å². The number of aryl methyl sites for hydroxylation is 1. The molecule has 0 saturated carbocycles. The third-order valence-electron chi connectivity index (χ3n) is 6.47. The van der Waals surface area contributed by atoms with E-state index in [-0.39, 0.29) is 30.5 Å². The predicted molar refractivity (Wildman–Crippen MR) is 114 cm³/mol. The standard InChI is InChI=1S/C23H29N3O6/c1-15-10-17(25-32-15)22(30)26-8-6-23(7-9-26)12-19(28)18(27)11-16-4-2-3-5-20(16)31-13-21(29)24-14-23/h2-5,10,18-19,27-28H,6-9,11-14H2,1H3,(H,24,29)/t18-,19+/m0/s1. The number of para-hydroxylation sites is 1. The lowest BCUT2D eigenvalue weighted by Crippen LogP contribution is -2.51. The van der Waals surface area contributed by atoms with Crippen molar-refractivity contribution in [2.45, 2.75) is 44.8 Å². The number of rotatable bonds is 1. The highest BCUT2D eigenvalue weighted by Crippen LogP contribution is 2.37. The number of benzene rings is 1. The number of aromatic nitrogens is 1. The van der Waals surface area contributed by atoms with Crippen molar-refractivity contribution >= 4 is 11.8 Å². The average Bonchev–Trinajstić information content (AvgIpc) is 3.23. The van der Waals surface area contributed by atoms with Gasteiger partial charge in [0.05, 0.1) is 12.2 Å². The molecular formula is C23H29N3O6. The van der Waals surface area contributed by atoms with Crippen LogP contribution in [0.1, 0.15) is 41.1 Å². The number of fused-ring (bicyclic) bond motifs is 1. The maximum atomic E-state index is 12.7. The Balaban J connectivity index is 1.48. The Morgan fingerprint density at radius 1 is 1.22 bits per heavy atom. The third kappa shape index (κ3) is 4.94. The summed E-state index contributed by atoms with van der Waals surface area (Å²) in [6, 6.07) is 8.81. The van der Waals surface area contributed by atoms with Crippen LogP contribution in [-0.4, -0.2) is 70.5 Å². The predicted octanol–water partition coefficient (Wildman–Crippen LogP) is 1.07. The van der Waals surface area contributed by atoms with E-state index in [0.29, 0.717) is 50.4 Å². The van der Waals surface area contributed by atoms with Crippen LogP contribution in [0.4, 0.5) is 0 Å². The molecule has 3 heterocycles. The monoisotopic (exact) mass is 443 g/mol. The van der Waals surface area contributed by atoms with Gasteiger partial charge in [-0.15, -0.1) is 0 Å². The Labute approximate surface area is 186 Å². The van der Waals surface area contributed by atoms with Crippen LogP contribution >= 0.6 is 0 Å². The lowest BCUT2D eigenvalue weighted by molar-refractivity contribution is -0.124. The van der Waals surface area contributed by atoms with E-state index in [1.807, 2.05) is 12.1 Å². The SMILES string of the molecule is Cc1cc(C(=O)N2CCC3(CC2)CNC(=O)COc2ccccc2C[C@H](O)[C@H](O)C3)no1. The Morgan fingerprint density at radius 3 is 2.69 bits per heavy atom. The Bertz CT molecular complexity index is 966. The molecule has 1 fully saturated rings. The van der Waals surface area contributed by atoms with E-state index in [1.54, 1.807) is 30.0 Å². The minimum atomic E-state index is -0.972. The molecule has 0 aliphatic carbocycles. The second-order valence-corrected chi connectivity index (χ2v) is 8.83. The highest BCUT2D eigenvalue weighted by molar-refractivity contribution is 5.92. The van der Waals surface area contributed by atoms with Crippen LogP contribution in [0, 0.1) is 12.3 Å². The summed E-state index contributed by atoms with van der Waals surface area (Å²) in [6.07, 6.45) is -0.230. The molecule has 2 aromatic rings. The highest BCUT2D eigenvalue weighted by Gasteiger charge is 2.40. The van der Waals surface area contributed by atoms with Crippen LogP contribution in [0.25, 0.3) is 0 Å². The summed E-state index contributed by atoms with van der Waals surface area (Å²) in [4.78, 5) is 26.8. The minimum absolute atomic E-state index is 0.123. The van der Waals surface area contributed by atoms with Gasteiger partial charge in [-0.3, -0.25) is 9.59 Å². The molecule has 0 radical (unpaired) electrons. The first-order valence-electron chi connectivity index (χ1n) is 10.9. The number of carbonyl (C=O) groups is 2. The van der Waals surface area contributed by atoms with Gasteiger partial charge in [0, 0.05) is 32.1 Å². The summed E-state index contributed by atoms with van der Waals surface area (Å²) < 4.78 is 10.7. The van der Waals surface area contributed by atoms with Crippen molar-refractivity contribution in [1.82, 2.24) is 15.4 Å². The van der Waals surface area contributed by atoms with E-state index < -0.39 is 17.6 Å². The van der Waals surface area contributed by atoms with Crippen molar-refractivity contribution in [2.75, 3.05) is 26.2 Å². The zero-order valence-electron chi connectivity index (χ0n) is 18.1.